The number of esters is 1. The van der Waals surface area contributed by atoms with Crippen LogP contribution in [0.1, 0.15) is 11.3 Å². The Hall–Kier alpha value is -3.42. The van der Waals surface area contributed by atoms with Crippen molar-refractivity contribution in [1.29, 1.82) is 0 Å². The Morgan fingerprint density at radius 1 is 1.11 bits per heavy atom. The fourth-order valence-electron chi connectivity index (χ4n) is 2.38. The molecule has 0 aliphatic carbocycles. The maximum absolute atomic E-state index is 12.0. The molecule has 0 fully saturated rings. The molecule has 2 aromatic rings. The van der Waals surface area contributed by atoms with Crippen LogP contribution in [-0.2, 0) is 20.9 Å². The van der Waals surface area contributed by atoms with Crippen molar-refractivity contribution in [3.8, 4) is 17.2 Å². The molecular formula is C20H23NO7. The smallest absolute Gasteiger partial charge is 0.331 e. The van der Waals surface area contributed by atoms with Crippen LogP contribution in [0.4, 0.5) is 0 Å². The van der Waals surface area contributed by atoms with E-state index in [1.807, 2.05) is 0 Å². The summed E-state index contributed by atoms with van der Waals surface area (Å²) in [5.74, 6) is 1.04. The van der Waals surface area contributed by atoms with Gasteiger partial charge in [0.2, 0.25) is 5.75 Å². The molecule has 0 saturated carbocycles. The molecule has 0 radical (unpaired) electrons. The van der Waals surface area contributed by atoms with Crippen LogP contribution in [0.2, 0.25) is 0 Å². The van der Waals surface area contributed by atoms with Gasteiger partial charge in [0.05, 0.1) is 34.1 Å². The lowest BCUT2D eigenvalue weighted by molar-refractivity contribution is -0.147. The molecule has 0 spiro atoms. The molecule has 28 heavy (non-hydrogen) atoms. The first-order valence-electron chi connectivity index (χ1n) is 8.39. The van der Waals surface area contributed by atoms with Crippen LogP contribution in [0, 0.1) is 0 Å². The van der Waals surface area contributed by atoms with E-state index in [0.29, 0.717) is 35.1 Å². The molecule has 0 saturated heterocycles. The van der Waals surface area contributed by atoms with E-state index in [1.54, 1.807) is 31.3 Å². The van der Waals surface area contributed by atoms with Crippen molar-refractivity contribution in [2.45, 2.75) is 6.54 Å². The van der Waals surface area contributed by atoms with Gasteiger partial charge < -0.3 is 28.3 Å². The number of carbonyl (C=O) groups is 2. The second-order valence-electron chi connectivity index (χ2n) is 5.73. The number of furan rings is 1. The molecule has 0 unspecified atom stereocenters. The van der Waals surface area contributed by atoms with Crippen molar-refractivity contribution in [1.82, 2.24) is 4.90 Å². The van der Waals surface area contributed by atoms with Crippen LogP contribution in [-0.4, -0.2) is 51.8 Å². The van der Waals surface area contributed by atoms with Gasteiger partial charge in [0.15, 0.2) is 18.1 Å². The third-order valence-corrected chi connectivity index (χ3v) is 3.84. The average Bonchev–Trinajstić information content (AvgIpc) is 3.22. The van der Waals surface area contributed by atoms with Crippen LogP contribution in [0.15, 0.2) is 41.0 Å². The Morgan fingerprint density at radius 3 is 2.32 bits per heavy atom. The van der Waals surface area contributed by atoms with Crippen LogP contribution >= 0.6 is 0 Å². The summed E-state index contributed by atoms with van der Waals surface area (Å²) in [5.41, 5.74) is 0.646. The number of carbonyl (C=O) groups excluding carboxylic acids is 2. The van der Waals surface area contributed by atoms with Crippen LogP contribution in [0.3, 0.4) is 0 Å². The fourth-order valence-corrected chi connectivity index (χ4v) is 2.38. The number of hydrogen-bond acceptors (Lipinski definition) is 7. The molecule has 0 aliphatic heterocycles. The minimum atomic E-state index is -0.645. The monoisotopic (exact) mass is 389 g/mol. The van der Waals surface area contributed by atoms with Crippen molar-refractivity contribution in [3.63, 3.8) is 0 Å². The lowest BCUT2D eigenvalue weighted by Crippen LogP contribution is -2.30. The summed E-state index contributed by atoms with van der Waals surface area (Å²) in [6.45, 7) is -0.0691. The summed E-state index contributed by atoms with van der Waals surface area (Å²) in [5, 5.41) is 0. The van der Waals surface area contributed by atoms with Crippen LogP contribution in [0.25, 0.3) is 6.08 Å². The standard InChI is InChI=1S/C20H23NO7/c1-21(12-15-6-5-9-27-15)18(22)13-28-19(23)8-7-14-10-16(24-2)20(26-4)17(11-14)25-3/h5-11H,12-13H2,1-4H3/b8-7+. The molecule has 0 bridgehead atoms. The van der Waals surface area contributed by atoms with Crippen molar-refractivity contribution in [2.24, 2.45) is 0 Å². The van der Waals surface area contributed by atoms with Gasteiger partial charge in [-0.05, 0) is 35.9 Å². The summed E-state index contributed by atoms with van der Waals surface area (Å²) < 4.78 is 25.9. The Labute approximate surface area is 163 Å². The summed E-state index contributed by atoms with van der Waals surface area (Å²) in [4.78, 5) is 25.3. The predicted octanol–water partition coefficient (Wildman–Crippen LogP) is 2.52. The molecule has 1 aromatic heterocycles. The van der Waals surface area contributed by atoms with Gasteiger partial charge in [0.1, 0.15) is 5.76 Å². The Bertz CT molecular complexity index is 802. The highest BCUT2D eigenvalue weighted by atomic mass is 16.5. The van der Waals surface area contributed by atoms with E-state index < -0.39 is 5.97 Å². The molecule has 1 heterocycles. The number of nitrogens with zero attached hydrogens (tertiary/aromatic N) is 1. The topological polar surface area (TPSA) is 87.4 Å². The van der Waals surface area contributed by atoms with E-state index in [0.717, 1.165) is 0 Å². The average molecular weight is 389 g/mol. The highest BCUT2D eigenvalue weighted by Crippen LogP contribution is 2.38. The van der Waals surface area contributed by atoms with Crippen LogP contribution < -0.4 is 14.2 Å². The summed E-state index contributed by atoms with van der Waals surface area (Å²) in [6.07, 6.45) is 4.28. The third-order valence-electron chi connectivity index (χ3n) is 3.84. The van der Waals surface area contributed by atoms with E-state index in [-0.39, 0.29) is 12.5 Å². The number of amides is 1. The molecular weight excluding hydrogens is 366 g/mol. The number of likely N-dealkylation sites (N-methyl/N-ethyl adjacent to an activating group) is 1. The Balaban J connectivity index is 1.93. The molecule has 1 aromatic carbocycles. The third kappa shape index (κ3) is 5.54. The molecule has 0 aliphatic rings. The fraction of sp³-hybridized carbons (Fsp3) is 0.300. The van der Waals surface area contributed by atoms with E-state index in [4.69, 9.17) is 23.4 Å². The Morgan fingerprint density at radius 2 is 1.79 bits per heavy atom. The van der Waals surface area contributed by atoms with Gasteiger partial charge >= 0.3 is 5.97 Å². The van der Waals surface area contributed by atoms with E-state index >= 15 is 0 Å². The van der Waals surface area contributed by atoms with Crippen LogP contribution in [0.5, 0.6) is 17.2 Å². The summed E-state index contributed by atoms with van der Waals surface area (Å²) in [6, 6.07) is 6.87. The van der Waals surface area contributed by atoms with E-state index in [9.17, 15) is 9.59 Å². The first kappa shape index (κ1) is 20.9. The van der Waals surface area contributed by atoms with E-state index in [2.05, 4.69) is 0 Å². The Kier molecular flexibility index (Phi) is 7.50. The zero-order valence-electron chi connectivity index (χ0n) is 16.3. The van der Waals surface area contributed by atoms with Crippen molar-refractivity contribution in [3.05, 3.63) is 47.9 Å². The van der Waals surface area contributed by atoms with Gasteiger partial charge in [-0.1, -0.05) is 0 Å². The number of benzene rings is 1. The summed E-state index contributed by atoms with van der Waals surface area (Å²) >= 11 is 0. The van der Waals surface area contributed by atoms with Gasteiger partial charge in [-0.3, -0.25) is 4.79 Å². The second kappa shape index (κ2) is 10.1. The van der Waals surface area contributed by atoms with E-state index in [1.165, 1.54) is 44.6 Å². The normalized spacial score (nSPS) is 10.6. The maximum Gasteiger partial charge on any atom is 0.331 e. The largest absolute Gasteiger partial charge is 0.493 e. The number of rotatable bonds is 9. The highest BCUT2D eigenvalue weighted by Gasteiger charge is 2.14. The molecule has 8 heteroatoms. The van der Waals surface area contributed by atoms with Crippen molar-refractivity contribution in [2.75, 3.05) is 35.0 Å². The van der Waals surface area contributed by atoms with Gasteiger partial charge in [-0.25, -0.2) is 4.79 Å². The number of ether oxygens (including phenoxy) is 4. The highest BCUT2D eigenvalue weighted by molar-refractivity contribution is 5.89. The second-order valence-corrected chi connectivity index (χ2v) is 5.73. The zero-order valence-corrected chi connectivity index (χ0v) is 16.3. The zero-order chi connectivity index (χ0) is 20.5. The first-order chi connectivity index (χ1) is 13.5. The van der Waals surface area contributed by atoms with Crippen molar-refractivity contribution >= 4 is 18.0 Å². The SMILES string of the molecule is COc1cc(/C=C/C(=O)OCC(=O)N(C)Cc2ccco2)cc(OC)c1OC. The molecule has 150 valence electrons. The first-order valence-corrected chi connectivity index (χ1v) is 8.39. The molecule has 1 amide bonds. The minimum Gasteiger partial charge on any atom is -0.493 e. The maximum atomic E-state index is 12.0. The van der Waals surface area contributed by atoms with Gasteiger partial charge in [-0.2, -0.15) is 0 Å². The molecule has 0 atom stereocenters. The quantitative estimate of drug-likeness (QED) is 0.481. The molecule has 0 N–H and O–H groups in total. The minimum absolute atomic E-state index is 0.296. The lowest BCUT2D eigenvalue weighted by Gasteiger charge is -2.15. The number of hydrogen-bond donors (Lipinski definition) is 0. The molecule has 8 nitrogen and oxygen atoms in total. The molecule has 2 rings (SSSR count). The lowest BCUT2D eigenvalue weighted by atomic mass is 10.1. The van der Waals surface area contributed by atoms with Gasteiger partial charge in [0.25, 0.3) is 5.91 Å². The van der Waals surface area contributed by atoms with Crippen molar-refractivity contribution < 1.29 is 33.0 Å². The predicted molar refractivity (Wildman–Crippen MR) is 101 cm³/mol. The summed E-state index contributed by atoms with van der Waals surface area (Å²) in [7, 11) is 6.12. The number of methoxy groups -OCH3 is 3. The van der Waals surface area contributed by atoms with Gasteiger partial charge in [0, 0.05) is 13.1 Å². The van der Waals surface area contributed by atoms with Gasteiger partial charge in [-0.15, -0.1) is 0 Å².